The number of carbonyl (C=O) groups is 2. The molecule has 2 rings (SSSR count). The van der Waals surface area contributed by atoms with Gasteiger partial charge in [-0.15, -0.1) is 0 Å². The Labute approximate surface area is 223 Å². The topological polar surface area (TPSA) is 85.3 Å². The van der Waals surface area contributed by atoms with Crippen LogP contribution < -0.4 is 9.47 Å². The van der Waals surface area contributed by atoms with Crippen LogP contribution in [0, 0.1) is 0 Å². The Balaban J connectivity index is 1.90. The van der Waals surface area contributed by atoms with Gasteiger partial charge in [-0.3, -0.25) is 0 Å². The minimum Gasteiger partial charge on any atom is -0.492 e. The molecule has 1 amide bonds. The van der Waals surface area contributed by atoms with Gasteiger partial charge in [-0.05, 0) is 48.9 Å². The summed E-state index contributed by atoms with van der Waals surface area (Å²) in [4.78, 5) is 25.8. The van der Waals surface area contributed by atoms with Crippen LogP contribution in [0.3, 0.4) is 0 Å². The number of ether oxygens (including phenoxy) is 3. The first kappa shape index (κ1) is 29.8. The largest absolute Gasteiger partial charge is 0.492 e. The zero-order chi connectivity index (χ0) is 26.2. The first-order valence-corrected chi connectivity index (χ1v) is 13.8. The van der Waals surface area contributed by atoms with Gasteiger partial charge in [0.1, 0.15) is 12.4 Å². The molecule has 0 aliphatic rings. The maximum atomic E-state index is 12.8. The lowest BCUT2D eigenvalue weighted by Crippen LogP contribution is -2.38. The summed E-state index contributed by atoms with van der Waals surface area (Å²) < 4.78 is 16.6. The Bertz CT molecular complexity index is 927. The predicted molar refractivity (Wildman–Crippen MR) is 145 cm³/mol. The molecule has 2 aromatic rings. The van der Waals surface area contributed by atoms with Gasteiger partial charge >= 0.3 is 12.1 Å². The summed E-state index contributed by atoms with van der Waals surface area (Å²) in [6.45, 7) is 5.46. The van der Waals surface area contributed by atoms with E-state index in [2.05, 4.69) is 6.92 Å². The summed E-state index contributed by atoms with van der Waals surface area (Å²) in [6, 6.07) is 14.1. The Morgan fingerprint density at radius 1 is 1.03 bits per heavy atom. The number of thioether (sulfide) groups is 1. The fourth-order valence-corrected chi connectivity index (χ4v) is 4.48. The quantitative estimate of drug-likeness (QED) is 0.241. The first-order valence-electron chi connectivity index (χ1n) is 12.3. The highest BCUT2D eigenvalue weighted by Crippen LogP contribution is 2.24. The van der Waals surface area contributed by atoms with Crippen molar-refractivity contribution in [3.63, 3.8) is 0 Å². The number of para-hydroxylation sites is 1. The lowest BCUT2D eigenvalue weighted by atomic mass is 10.1. The Morgan fingerprint density at radius 3 is 2.44 bits per heavy atom. The van der Waals surface area contributed by atoms with Crippen molar-refractivity contribution >= 4 is 35.4 Å². The molecule has 0 radical (unpaired) electrons. The van der Waals surface area contributed by atoms with Crippen LogP contribution >= 0.6 is 23.4 Å². The predicted octanol–water partition coefficient (Wildman–Crippen LogP) is 6.18. The molecule has 36 heavy (non-hydrogen) atoms. The molecule has 0 aliphatic carbocycles. The molecule has 0 aliphatic heterocycles. The summed E-state index contributed by atoms with van der Waals surface area (Å²) in [5.74, 6) is 1.85. The smallest absolute Gasteiger partial charge is 0.415 e. The molecule has 1 atom stereocenters. The number of rotatable bonds is 17. The average Bonchev–Trinajstić information content (AvgIpc) is 2.87. The molecule has 198 valence electrons. The van der Waals surface area contributed by atoms with E-state index in [9.17, 15) is 14.7 Å². The highest BCUT2D eigenvalue weighted by atomic mass is 35.5. The van der Waals surface area contributed by atoms with Crippen LogP contribution in [0.5, 0.6) is 11.5 Å². The van der Waals surface area contributed by atoms with Crippen molar-refractivity contribution in [3.8, 4) is 11.5 Å². The van der Waals surface area contributed by atoms with E-state index in [1.807, 2.05) is 23.9 Å². The molecule has 1 unspecified atom stereocenters. The van der Waals surface area contributed by atoms with Crippen LogP contribution in [0.25, 0.3) is 0 Å². The monoisotopic (exact) mass is 537 g/mol. The van der Waals surface area contributed by atoms with Crippen LogP contribution in [0.15, 0.2) is 48.5 Å². The fraction of sp³-hybridized carbons (Fsp3) is 0.481. The molecule has 9 heteroatoms. The Kier molecular flexibility index (Phi) is 14.2. The summed E-state index contributed by atoms with van der Waals surface area (Å²) in [5.41, 5.74) is 0.841. The molecule has 0 aromatic heterocycles. The number of nitrogens with zero attached hydrogens (tertiary/aromatic N) is 1. The van der Waals surface area contributed by atoms with Gasteiger partial charge in [0.05, 0.1) is 11.6 Å². The van der Waals surface area contributed by atoms with Gasteiger partial charge in [-0.25, -0.2) is 9.59 Å². The molecular formula is C27H36ClNO6S. The van der Waals surface area contributed by atoms with Crippen molar-refractivity contribution < 1.29 is 28.9 Å². The fourth-order valence-electron chi connectivity index (χ4n) is 3.34. The average molecular weight is 538 g/mol. The van der Waals surface area contributed by atoms with E-state index in [1.165, 1.54) is 19.3 Å². The highest BCUT2D eigenvalue weighted by Gasteiger charge is 2.19. The van der Waals surface area contributed by atoms with Gasteiger partial charge in [-0.1, -0.05) is 55.6 Å². The maximum absolute atomic E-state index is 12.8. The minimum atomic E-state index is -0.982. The van der Waals surface area contributed by atoms with E-state index < -0.39 is 18.2 Å². The van der Waals surface area contributed by atoms with E-state index in [-0.39, 0.29) is 13.0 Å². The van der Waals surface area contributed by atoms with Gasteiger partial charge in [0.25, 0.3) is 0 Å². The molecule has 0 fully saturated rings. The second kappa shape index (κ2) is 17.1. The van der Waals surface area contributed by atoms with Crippen LogP contribution in [0.1, 0.15) is 38.7 Å². The number of unbranched alkanes of at least 4 members (excludes halogenated alkanes) is 2. The van der Waals surface area contributed by atoms with E-state index >= 15 is 0 Å². The summed E-state index contributed by atoms with van der Waals surface area (Å²) >= 11 is 7.97. The number of hydrogen-bond donors (Lipinski definition) is 1. The van der Waals surface area contributed by atoms with Crippen molar-refractivity contribution in [1.82, 2.24) is 4.90 Å². The number of hydrogen-bond acceptors (Lipinski definition) is 6. The van der Waals surface area contributed by atoms with Gasteiger partial charge < -0.3 is 24.2 Å². The summed E-state index contributed by atoms with van der Waals surface area (Å²) in [5, 5.41) is 9.64. The number of aliphatic carboxylic acids is 1. The second-order valence-corrected chi connectivity index (χ2v) is 9.72. The van der Waals surface area contributed by atoms with Gasteiger partial charge in [0.15, 0.2) is 11.9 Å². The van der Waals surface area contributed by atoms with Crippen molar-refractivity contribution in [1.29, 1.82) is 0 Å². The second-order valence-electron chi connectivity index (χ2n) is 8.08. The van der Waals surface area contributed by atoms with E-state index in [0.717, 1.165) is 17.1 Å². The molecule has 2 aromatic carbocycles. The lowest BCUT2D eigenvalue weighted by molar-refractivity contribution is -0.149. The molecule has 7 nitrogen and oxygen atoms in total. The van der Waals surface area contributed by atoms with Crippen molar-refractivity contribution in [2.75, 3.05) is 37.8 Å². The van der Waals surface area contributed by atoms with Crippen LogP contribution in [-0.4, -0.2) is 66.0 Å². The van der Waals surface area contributed by atoms with Gasteiger partial charge in [0.2, 0.25) is 0 Å². The molecule has 0 bridgehead atoms. The van der Waals surface area contributed by atoms with Gasteiger partial charge in [-0.2, -0.15) is 11.8 Å². The summed E-state index contributed by atoms with van der Waals surface area (Å²) in [6.07, 6.45) is 2.50. The number of carboxylic acids is 1. The third-order valence-corrected chi connectivity index (χ3v) is 6.67. The number of amides is 1. The van der Waals surface area contributed by atoms with E-state index in [4.69, 9.17) is 25.8 Å². The normalized spacial score (nSPS) is 11.6. The zero-order valence-corrected chi connectivity index (χ0v) is 22.6. The number of carboxylic acid groups (broad SMARTS) is 1. The Morgan fingerprint density at radius 2 is 1.78 bits per heavy atom. The highest BCUT2D eigenvalue weighted by molar-refractivity contribution is 7.99. The van der Waals surface area contributed by atoms with Crippen molar-refractivity contribution in [3.05, 3.63) is 59.1 Å². The molecule has 0 heterocycles. The minimum absolute atomic E-state index is 0.279. The first-order chi connectivity index (χ1) is 17.4. The van der Waals surface area contributed by atoms with E-state index in [1.54, 1.807) is 48.2 Å². The van der Waals surface area contributed by atoms with Crippen molar-refractivity contribution in [2.24, 2.45) is 0 Å². The zero-order valence-electron chi connectivity index (χ0n) is 21.0. The van der Waals surface area contributed by atoms with Crippen LogP contribution in [0.4, 0.5) is 4.79 Å². The molecule has 1 N–H and O–H groups in total. The third kappa shape index (κ3) is 11.1. The SMILES string of the molecule is CCCCCSCCN(CCOc1ccc(CC(OCC)C(=O)O)cc1)C(=O)Oc1ccccc1Cl. The van der Waals surface area contributed by atoms with Crippen LogP contribution in [0.2, 0.25) is 5.02 Å². The van der Waals surface area contributed by atoms with E-state index in [0.29, 0.717) is 36.2 Å². The molecule has 0 saturated carbocycles. The maximum Gasteiger partial charge on any atom is 0.415 e. The number of halogens is 1. The lowest BCUT2D eigenvalue weighted by Gasteiger charge is -2.22. The van der Waals surface area contributed by atoms with Crippen LogP contribution in [-0.2, 0) is 16.0 Å². The summed E-state index contributed by atoms with van der Waals surface area (Å²) in [7, 11) is 0. The Hall–Kier alpha value is -2.42. The third-order valence-electron chi connectivity index (χ3n) is 5.31. The number of carbonyl (C=O) groups excluding carboxylic acids is 1. The standard InChI is InChI=1S/C27H36ClNO6S/c1-3-5-8-18-36-19-16-29(27(32)35-24-10-7-6-9-23(24)28)15-17-34-22-13-11-21(12-14-22)20-25(26(30)31)33-4-2/h6-7,9-14,25H,3-5,8,15-20H2,1-2H3,(H,30,31). The molecule has 0 saturated heterocycles. The number of benzene rings is 2. The van der Waals surface area contributed by atoms with Crippen molar-refractivity contribution in [2.45, 2.75) is 45.6 Å². The molecular weight excluding hydrogens is 502 g/mol. The molecule has 0 spiro atoms. The van der Waals surface area contributed by atoms with Gasteiger partial charge in [0, 0.05) is 25.3 Å².